The Hall–Kier alpha value is -0.860. The molecule has 0 spiro atoms. The molecule has 0 aliphatic carbocycles. The zero-order chi connectivity index (χ0) is 13.0. The molecule has 1 N–H and O–H groups in total. The third-order valence-electron chi connectivity index (χ3n) is 4.26. The van der Waals surface area contributed by atoms with E-state index in [0.29, 0.717) is 6.04 Å². The van der Waals surface area contributed by atoms with Gasteiger partial charge in [-0.25, -0.2) is 0 Å². The fourth-order valence-corrected chi connectivity index (χ4v) is 2.89. The molecular weight excluding hydrogens is 220 g/mol. The van der Waals surface area contributed by atoms with Crippen molar-refractivity contribution in [3.05, 3.63) is 35.4 Å². The van der Waals surface area contributed by atoms with Gasteiger partial charge in [-0.3, -0.25) is 4.90 Å². The van der Waals surface area contributed by atoms with E-state index in [1.165, 1.54) is 36.9 Å². The van der Waals surface area contributed by atoms with Gasteiger partial charge in [-0.1, -0.05) is 29.8 Å². The summed E-state index contributed by atoms with van der Waals surface area (Å²) in [5, 5.41) is 3.49. The lowest BCUT2D eigenvalue weighted by Gasteiger charge is -2.33. The zero-order valence-electron chi connectivity index (χ0n) is 11.9. The van der Waals surface area contributed by atoms with Crippen molar-refractivity contribution in [1.29, 1.82) is 0 Å². The van der Waals surface area contributed by atoms with Crippen molar-refractivity contribution in [2.24, 2.45) is 0 Å². The Balaban J connectivity index is 2.05. The van der Waals surface area contributed by atoms with Gasteiger partial charge in [0, 0.05) is 12.1 Å². The third-order valence-corrected chi connectivity index (χ3v) is 4.26. The Morgan fingerprint density at radius 1 is 1.28 bits per heavy atom. The lowest BCUT2D eigenvalue weighted by atomic mass is 10.0. The standard InChI is InChI=1S/C16H26N2/c1-13-6-4-7-15(12-13)14(2)18(3)16-8-5-10-17-11-9-16/h4,6-7,12,14,16-17H,5,8-11H2,1-3H3. The largest absolute Gasteiger partial charge is 0.317 e. The lowest BCUT2D eigenvalue weighted by molar-refractivity contribution is 0.171. The molecule has 18 heavy (non-hydrogen) atoms. The predicted octanol–water partition coefficient (Wildman–Crippen LogP) is 3.13. The molecule has 1 aromatic rings. The van der Waals surface area contributed by atoms with Crippen LogP contribution in [0.15, 0.2) is 24.3 Å². The van der Waals surface area contributed by atoms with Crippen LogP contribution < -0.4 is 5.32 Å². The maximum absolute atomic E-state index is 3.49. The quantitative estimate of drug-likeness (QED) is 0.881. The van der Waals surface area contributed by atoms with Gasteiger partial charge in [-0.05, 0) is 58.8 Å². The van der Waals surface area contributed by atoms with E-state index >= 15 is 0 Å². The minimum atomic E-state index is 0.507. The number of aryl methyl sites for hydroxylation is 1. The molecule has 1 aliphatic rings. The molecule has 0 amide bonds. The van der Waals surface area contributed by atoms with Crippen LogP contribution in [-0.4, -0.2) is 31.1 Å². The molecular formula is C16H26N2. The molecule has 0 bridgehead atoms. The summed E-state index contributed by atoms with van der Waals surface area (Å²) >= 11 is 0. The monoisotopic (exact) mass is 246 g/mol. The summed E-state index contributed by atoms with van der Waals surface area (Å²) in [6, 6.07) is 10.1. The first-order valence-electron chi connectivity index (χ1n) is 7.17. The van der Waals surface area contributed by atoms with Crippen LogP contribution in [-0.2, 0) is 0 Å². The van der Waals surface area contributed by atoms with Gasteiger partial charge < -0.3 is 5.32 Å². The van der Waals surface area contributed by atoms with Crippen molar-refractivity contribution in [3.63, 3.8) is 0 Å². The molecule has 2 unspecified atom stereocenters. The van der Waals surface area contributed by atoms with E-state index in [9.17, 15) is 0 Å². The van der Waals surface area contributed by atoms with Crippen LogP contribution in [0.25, 0.3) is 0 Å². The highest BCUT2D eigenvalue weighted by Gasteiger charge is 2.21. The smallest absolute Gasteiger partial charge is 0.0319 e. The first-order chi connectivity index (χ1) is 8.68. The second kappa shape index (κ2) is 6.35. The van der Waals surface area contributed by atoms with Crippen molar-refractivity contribution in [3.8, 4) is 0 Å². The Morgan fingerprint density at radius 3 is 2.89 bits per heavy atom. The number of rotatable bonds is 3. The molecule has 1 saturated heterocycles. The first-order valence-corrected chi connectivity index (χ1v) is 7.17. The second-order valence-electron chi connectivity index (χ2n) is 5.59. The van der Waals surface area contributed by atoms with Gasteiger partial charge in [0.1, 0.15) is 0 Å². The van der Waals surface area contributed by atoms with Crippen LogP contribution in [0.3, 0.4) is 0 Å². The van der Waals surface area contributed by atoms with Crippen molar-refractivity contribution >= 4 is 0 Å². The summed E-state index contributed by atoms with van der Waals surface area (Å²) in [5.41, 5.74) is 2.80. The molecule has 0 saturated carbocycles. The third kappa shape index (κ3) is 3.33. The van der Waals surface area contributed by atoms with Crippen molar-refractivity contribution in [1.82, 2.24) is 10.2 Å². The van der Waals surface area contributed by atoms with Gasteiger partial charge in [0.05, 0.1) is 0 Å². The van der Waals surface area contributed by atoms with E-state index in [0.717, 1.165) is 12.6 Å². The molecule has 1 fully saturated rings. The number of hydrogen-bond donors (Lipinski definition) is 1. The highest BCUT2D eigenvalue weighted by Crippen LogP contribution is 2.25. The number of nitrogens with one attached hydrogen (secondary N) is 1. The molecule has 1 heterocycles. The predicted molar refractivity (Wildman–Crippen MR) is 77.9 cm³/mol. The summed E-state index contributed by atoms with van der Waals surface area (Å²) < 4.78 is 0. The van der Waals surface area contributed by atoms with E-state index in [1.54, 1.807) is 0 Å². The van der Waals surface area contributed by atoms with Gasteiger partial charge in [-0.2, -0.15) is 0 Å². The Labute approximate surface area is 111 Å². The molecule has 2 atom stereocenters. The van der Waals surface area contributed by atoms with Gasteiger partial charge >= 0.3 is 0 Å². The van der Waals surface area contributed by atoms with Crippen LogP contribution in [0.2, 0.25) is 0 Å². The van der Waals surface area contributed by atoms with Gasteiger partial charge in [0.2, 0.25) is 0 Å². The molecule has 1 aliphatic heterocycles. The second-order valence-corrected chi connectivity index (χ2v) is 5.59. The fourth-order valence-electron chi connectivity index (χ4n) is 2.89. The highest BCUT2D eigenvalue weighted by molar-refractivity contribution is 5.24. The Bertz CT molecular complexity index is 367. The van der Waals surface area contributed by atoms with E-state index < -0.39 is 0 Å². The minimum Gasteiger partial charge on any atom is -0.317 e. The summed E-state index contributed by atoms with van der Waals surface area (Å²) in [5.74, 6) is 0. The summed E-state index contributed by atoms with van der Waals surface area (Å²) in [4.78, 5) is 2.56. The van der Waals surface area contributed by atoms with E-state index in [1.807, 2.05) is 0 Å². The summed E-state index contributed by atoms with van der Waals surface area (Å²) in [7, 11) is 2.28. The SMILES string of the molecule is Cc1cccc(C(C)N(C)C2CCCNCC2)c1. The van der Waals surface area contributed by atoms with Crippen LogP contribution >= 0.6 is 0 Å². The molecule has 1 aromatic carbocycles. The average molecular weight is 246 g/mol. The van der Waals surface area contributed by atoms with Crippen LogP contribution in [0, 0.1) is 6.92 Å². The van der Waals surface area contributed by atoms with E-state index in [-0.39, 0.29) is 0 Å². The fraction of sp³-hybridized carbons (Fsp3) is 0.625. The maximum atomic E-state index is 3.49. The maximum Gasteiger partial charge on any atom is 0.0319 e. The molecule has 2 heteroatoms. The Kier molecular flexibility index (Phi) is 4.79. The van der Waals surface area contributed by atoms with Gasteiger partial charge in [-0.15, -0.1) is 0 Å². The topological polar surface area (TPSA) is 15.3 Å². The van der Waals surface area contributed by atoms with E-state index in [2.05, 4.69) is 55.4 Å². The van der Waals surface area contributed by atoms with Crippen LogP contribution in [0.4, 0.5) is 0 Å². The Morgan fingerprint density at radius 2 is 2.11 bits per heavy atom. The summed E-state index contributed by atoms with van der Waals surface area (Å²) in [6.45, 7) is 6.84. The van der Waals surface area contributed by atoms with Gasteiger partial charge in [0.15, 0.2) is 0 Å². The van der Waals surface area contributed by atoms with Crippen LogP contribution in [0.5, 0.6) is 0 Å². The van der Waals surface area contributed by atoms with Gasteiger partial charge in [0.25, 0.3) is 0 Å². The minimum absolute atomic E-state index is 0.507. The summed E-state index contributed by atoms with van der Waals surface area (Å²) in [6.07, 6.45) is 3.89. The zero-order valence-corrected chi connectivity index (χ0v) is 11.9. The molecule has 0 radical (unpaired) electrons. The van der Waals surface area contributed by atoms with Crippen molar-refractivity contribution in [2.45, 2.75) is 45.2 Å². The number of nitrogens with zero attached hydrogens (tertiary/aromatic N) is 1. The number of hydrogen-bond acceptors (Lipinski definition) is 2. The number of benzene rings is 1. The van der Waals surface area contributed by atoms with E-state index in [4.69, 9.17) is 0 Å². The molecule has 2 rings (SSSR count). The highest BCUT2D eigenvalue weighted by atomic mass is 15.2. The first kappa shape index (κ1) is 13.6. The molecule has 2 nitrogen and oxygen atoms in total. The van der Waals surface area contributed by atoms with Crippen LogP contribution in [0.1, 0.15) is 43.4 Å². The molecule has 100 valence electrons. The normalized spacial score (nSPS) is 22.8. The van der Waals surface area contributed by atoms with Crippen molar-refractivity contribution < 1.29 is 0 Å². The van der Waals surface area contributed by atoms with Crippen molar-refractivity contribution in [2.75, 3.05) is 20.1 Å². The molecule has 0 aromatic heterocycles. The average Bonchev–Trinajstić information content (AvgIpc) is 2.66. The lowest BCUT2D eigenvalue weighted by Crippen LogP contribution is -2.34.